The van der Waals surface area contributed by atoms with Crippen LogP contribution in [-0.2, 0) is 19.5 Å². The van der Waals surface area contributed by atoms with Crippen LogP contribution in [0.3, 0.4) is 0 Å². The van der Waals surface area contributed by atoms with Crippen molar-refractivity contribution in [2.45, 2.75) is 26.4 Å². The fourth-order valence-electron chi connectivity index (χ4n) is 3.82. The van der Waals surface area contributed by atoms with Crippen molar-refractivity contribution in [2.75, 3.05) is 6.54 Å². The highest BCUT2D eigenvalue weighted by Crippen LogP contribution is 2.23. The molecule has 0 bridgehead atoms. The Hall–Kier alpha value is -3.36. The molecule has 1 aromatic carbocycles. The molecule has 1 aliphatic rings. The summed E-state index contributed by atoms with van der Waals surface area (Å²) in [6.07, 6.45) is 6.74. The number of aryl methyl sites for hydroxylation is 1. The van der Waals surface area contributed by atoms with Gasteiger partial charge in [-0.25, -0.2) is 15.0 Å². The first-order valence-corrected chi connectivity index (χ1v) is 10.2. The number of aromatic amines is 1. The molecule has 31 heavy (non-hydrogen) atoms. The third kappa shape index (κ3) is 3.64. The summed E-state index contributed by atoms with van der Waals surface area (Å²) < 4.78 is 5.68. The second-order valence-electron chi connectivity index (χ2n) is 7.62. The lowest BCUT2D eigenvalue weighted by Crippen LogP contribution is -2.36. The lowest BCUT2D eigenvalue weighted by atomic mass is 10.1. The van der Waals surface area contributed by atoms with Crippen LogP contribution in [-0.4, -0.2) is 31.4 Å². The molecular formula is C22H18ClN5O3. The van der Waals surface area contributed by atoms with Gasteiger partial charge in [0.15, 0.2) is 5.43 Å². The molecule has 4 heterocycles. The molecule has 1 N–H and O–H groups in total. The van der Waals surface area contributed by atoms with Gasteiger partial charge in [0, 0.05) is 49.0 Å². The van der Waals surface area contributed by atoms with Gasteiger partial charge in [-0.15, -0.1) is 0 Å². The number of aromatic nitrogens is 4. The topological polar surface area (TPSA) is 105 Å². The quantitative estimate of drug-likeness (QED) is 0.527. The standard InChI is InChI=1S/C22H18ClN5O3/c1-12-4-19-15(5-17(12)23)20(29)14(10-31-19)8-28-3-2-18-16(9-28)22(30)27-21(26-18)13-6-24-11-25-7-13/h4-7,10-11H,2-3,8-9H2,1H3,(H,26,27,30). The maximum atomic E-state index is 12.9. The zero-order valence-corrected chi connectivity index (χ0v) is 17.4. The number of nitrogens with one attached hydrogen (secondary N) is 1. The minimum Gasteiger partial charge on any atom is -0.464 e. The maximum Gasteiger partial charge on any atom is 0.255 e. The van der Waals surface area contributed by atoms with Crippen LogP contribution in [0.4, 0.5) is 0 Å². The summed E-state index contributed by atoms with van der Waals surface area (Å²) in [4.78, 5) is 43.1. The molecule has 0 spiro atoms. The third-order valence-corrected chi connectivity index (χ3v) is 5.91. The molecule has 156 valence electrons. The van der Waals surface area contributed by atoms with Gasteiger partial charge < -0.3 is 9.40 Å². The van der Waals surface area contributed by atoms with Crippen molar-refractivity contribution >= 4 is 22.6 Å². The molecule has 0 saturated heterocycles. The van der Waals surface area contributed by atoms with Crippen molar-refractivity contribution in [3.05, 3.63) is 85.1 Å². The molecule has 0 atom stereocenters. The van der Waals surface area contributed by atoms with Crippen molar-refractivity contribution in [3.63, 3.8) is 0 Å². The largest absolute Gasteiger partial charge is 0.464 e. The van der Waals surface area contributed by atoms with E-state index in [-0.39, 0.29) is 11.0 Å². The van der Waals surface area contributed by atoms with Gasteiger partial charge in [-0.05, 0) is 24.6 Å². The summed E-state index contributed by atoms with van der Waals surface area (Å²) >= 11 is 6.19. The van der Waals surface area contributed by atoms with Crippen molar-refractivity contribution in [2.24, 2.45) is 0 Å². The Morgan fingerprint density at radius 3 is 2.84 bits per heavy atom. The van der Waals surface area contributed by atoms with E-state index in [0.717, 1.165) is 11.3 Å². The van der Waals surface area contributed by atoms with E-state index < -0.39 is 0 Å². The molecule has 0 radical (unpaired) electrons. The normalized spacial score (nSPS) is 14.0. The van der Waals surface area contributed by atoms with Crippen LogP contribution in [0.25, 0.3) is 22.4 Å². The van der Waals surface area contributed by atoms with Gasteiger partial charge in [0.05, 0.1) is 28.5 Å². The van der Waals surface area contributed by atoms with Gasteiger partial charge in [-0.3, -0.25) is 14.5 Å². The average molecular weight is 436 g/mol. The number of halogens is 1. The smallest absolute Gasteiger partial charge is 0.255 e. The Bertz CT molecular complexity index is 1410. The lowest BCUT2D eigenvalue weighted by Gasteiger charge is -2.27. The molecule has 0 unspecified atom stereocenters. The van der Waals surface area contributed by atoms with E-state index in [0.29, 0.717) is 64.6 Å². The first-order chi connectivity index (χ1) is 15.0. The molecule has 0 aliphatic carbocycles. The molecule has 1 aliphatic heterocycles. The second kappa shape index (κ2) is 7.72. The molecule has 3 aromatic heterocycles. The number of rotatable bonds is 3. The van der Waals surface area contributed by atoms with Gasteiger partial charge in [0.1, 0.15) is 17.7 Å². The van der Waals surface area contributed by atoms with Crippen LogP contribution in [0.1, 0.15) is 22.4 Å². The van der Waals surface area contributed by atoms with E-state index in [9.17, 15) is 9.59 Å². The molecule has 8 nitrogen and oxygen atoms in total. The number of H-pyrrole nitrogens is 1. The van der Waals surface area contributed by atoms with E-state index in [1.807, 2.05) is 11.8 Å². The van der Waals surface area contributed by atoms with Gasteiger partial charge in [-0.1, -0.05) is 11.6 Å². The first kappa shape index (κ1) is 19.6. The number of hydrogen-bond acceptors (Lipinski definition) is 7. The number of nitrogens with zero attached hydrogens (tertiary/aromatic N) is 4. The van der Waals surface area contributed by atoms with Crippen LogP contribution in [0.15, 0.2) is 51.1 Å². The summed E-state index contributed by atoms with van der Waals surface area (Å²) in [5.41, 5.74) is 3.61. The molecule has 9 heteroatoms. The Morgan fingerprint density at radius 1 is 1.23 bits per heavy atom. The fraction of sp³-hybridized carbons (Fsp3) is 0.227. The summed E-state index contributed by atoms with van der Waals surface area (Å²) in [7, 11) is 0. The van der Waals surface area contributed by atoms with Crippen LogP contribution < -0.4 is 11.0 Å². The second-order valence-corrected chi connectivity index (χ2v) is 8.02. The SMILES string of the molecule is Cc1cc2occ(CN3CCc4nc(-c5cncnc5)[nH]c(=O)c4C3)c(=O)c2cc1Cl. The summed E-state index contributed by atoms with van der Waals surface area (Å²) in [6, 6.07) is 3.41. The van der Waals surface area contributed by atoms with Gasteiger partial charge >= 0.3 is 0 Å². The Balaban J connectivity index is 1.43. The predicted molar refractivity (Wildman–Crippen MR) is 116 cm³/mol. The van der Waals surface area contributed by atoms with Crippen LogP contribution in [0.2, 0.25) is 5.02 Å². The van der Waals surface area contributed by atoms with Crippen LogP contribution in [0, 0.1) is 6.92 Å². The first-order valence-electron chi connectivity index (χ1n) is 9.80. The van der Waals surface area contributed by atoms with Crippen LogP contribution >= 0.6 is 11.6 Å². The lowest BCUT2D eigenvalue weighted by molar-refractivity contribution is 0.239. The van der Waals surface area contributed by atoms with Crippen molar-refractivity contribution < 1.29 is 4.42 Å². The van der Waals surface area contributed by atoms with Crippen molar-refractivity contribution in [1.82, 2.24) is 24.8 Å². The Kier molecular flexibility index (Phi) is 4.88. The Labute approximate surface area is 181 Å². The van der Waals surface area contributed by atoms with E-state index in [1.54, 1.807) is 24.5 Å². The van der Waals surface area contributed by atoms with Crippen molar-refractivity contribution in [3.8, 4) is 11.4 Å². The minimum atomic E-state index is -0.193. The fourth-order valence-corrected chi connectivity index (χ4v) is 3.98. The van der Waals surface area contributed by atoms with Gasteiger partial charge in [-0.2, -0.15) is 0 Å². The van der Waals surface area contributed by atoms with Gasteiger partial charge in [0.25, 0.3) is 5.56 Å². The molecular weight excluding hydrogens is 418 g/mol. The highest BCUT2D eigenvalue weighted by molar-refractivity contribution is 6.32. The molecule has 0 amide bonds. The summed E-state index contributed by atoms with van der Waals surface area (Å²) in [5.74, 6) is 0.458. The molecule has 4 aromatic rings. The molecule has 0 fully saturated rings. The van der Waals surface area contributed by atoms with E-state index in [1.165, 1.54) is 12.6 Å². The molecule has 5 rings (SSSR count). The zero-order valence-electron chi connectivity index (χ0n) is 16.7. The number of fused-ring (bicyclic) bond motifs is 2. The van der Waals surface area contributed by atoms with E-state index >= 15 is 0 Å². The molecule has 0 saturated carbocycles. The van der Waals surface area contributed by atoms with Gasteiger partial charge in [0.2, 0.25) is 0 Å². The monoisotopic (exact) mass is 435 g/mol. The predicted octanol–water partition coefficient (Wildman–Crippen LogP) is 2.85. The number of benzene rings is 1. The highest BCUT2D eigenvalue weighted by Gasteiger charge is 2.23. The van der Waals surface area contributed by atoms with E-state index in [2.05, 4.69) is 19.9 Å². The van der Waals surface area contributed by atoms with Crippen LogP contribution in [0.5, 0.6) is 0 Å². The highest BCUT2D eigenvalue weighted by atomic mass is 35.5. The zero-order chi connectivity index (χ0) is 21.5. The summed E-state index contributed by atoms with van der Waals surface area (Å²) in [6.45, 7) is 3.30. The Morgan fingerprint density at radius 2 is 2.03 bits per heavy atom. The maximum absolute atomic E-state index is 12.9. The average Bonchev–Trinajstić information content (AvgIpc) is 2.78. The summed E-state index contributed by atoms with van der Waals surface area (Å²) in [5, 5.41) is 0.987. The van der Waals surface area contributed by atoms with E-state index in [4.69, 9.17) is 16.0 Å². The third-order valence-electron chi connectivity index (χ3n) is 5.50. The van der Waals surface area contributed by atoms with Crippen molar-refractivity contribution in [1.29, 1.82) is 0 Å². The number of hydrogen-bond donors (Lipinski definition) is 1. The minimum absolute atomic E-state index is 0.111.